The normalized spacial score (nSPS) is 31.8. The van der Waals surface area contributed by atoms with Gasteiger partial charge in [0, 0.05) is 24.3 Å². The summed E-state index contributed by atoms with van der Waals surface area (Å²) in [5, 5.41) is 15.6. The maximum Gasteiger partial charge on any atom is 0.235 e. The zero-order valence-corrected chi connectivity index (χ0v) is 18.1. The van der Waals surface area contributed by atoms with Crippen molar-refractivity contribution in [2.24, 2.45) is 15.4 Å². The van der Waals surface area contributed by atoms with Crippen LogP contribution in [0, 0.1) is 0 Å². The first kappa shape index (κ1) is 19.9. The fourth-order valence-electron chi connectivity index (χ4n) is 5.43. The van der Waals surface area contributed by atoms with Crippen molar-refractivity contribution in [2.45, 2.75) is 56.3 Å². The Morgan fingerprint density at radius 3 is 2.65 bits per heavy atom. The van der Waals surface area contributed by atoms with Crippen molar-refractivity contribution in [2.75, 3.05) is 12.4 Å². The third-order valence-corrected chi connectivity index (χ3v) is 7.11. The highest BCUT2D eigenvalue weighted by atomic mass is 16.5. The second kappa shape index (κ2) is 7.27. The molecular weight excluding hydrogens is 390 g/mol. The van der Waals surface area contributed by atoms with Crippen molar-refractivity contribution in [1.29, 1.82) is 0 Å². The second-order valence-electron chi connectivity index (χ2n) is 9.04. The number of rotatable bonds is 4. The molecule has 31 heavy (non-hydrogen) atoms. The van der Waals surface area contributed by atoms with Crippen LogP contribution in [0.3, 0.4) is 0 Å². The van der Waals surface area contributed by atoms with Gasteiger partial charge in [0.05, 0.1) is 18.7 Å². The minimum Gasteiger partial charge on any atom is -0.497 e. The van der Waals surface area contributed by atoms with Crippen molar-refractivity contribution < 1.29 is 9.53 Å². The highest BCUT2D eigenvalue weighted by Gasteiger charge is 2.57. The first-order valence-electron chi connectivity index (χ1n) is 10.7. The fourth-order valence-corrected chi connectivity index (χ4v) is 5.43. The van der Waals surface area contributed by atoms with Crippen LogP contribution in [-0.2, 0) is 16.8 Å². The van der Waals surface area contributed by atoms with Gasteiger partial charge in [-0.1, -0.05) is 30.3 Å². The van der Waals surface area contributed by atoms with Crippen molar-refractivity contribution >= 4 is 17.8 Å². The van der Waals surface area contributed by atoms with E-state index < -0.39 is 11.0 Å². The Morgan fingerprint density at radius 1 is 1.16 bits per heavy atom. The minimum absolute atomic E-state index is 0.0229. The lowest BCUT2D eigenvalue weighted by Crippen LogP contribution is -2.62. The average Bonchev–Trinajstić information content (AvgIpc) is 3.33. The lowest BCUT2D eigenvalue weighted by atomic mass is 9.65. The number of para-hydroxylation sites is 1. The molecule has 7 nitrogen and oxygen atoms in total. The topological polar surface area (TPSA) is 78.7 Å². The van der Waals surface area contributed by atoms with E-state index in [1.807, 2.05) is 36.5 Å². The summed E-state index contributed by atoms with van der Waals surface area (Å²) in [5.74, 6) is 0.930. The number of piperidine rings is 1. The van der Waals surface area contributed by atoms with E-state index in [0.717, 1.165) is 30.0 Å². The summed E-state index contributed by atoms with van der Waals surface area (Å²) < 4.78 is 5.30. The molecule has 2 aromatic rings. The Bertz CT molecular complexity index is 1050. The SMILES string of the molecule is COc1ccc(CN2[C@H]([C@@]3(C)C=NN=N3)C[C@]3(C[C@@H]2C)C(=O)Nc2ccccc23)cc1. The molecule has 0 aromatic heterocycles. The van der Waals surface area contributed by atoms with E-state index in [1.165, 1.54) is 5.56 Å². The van der Waals surface area contributed by atoms with Crippen LogP contribution in [0.15, 0.2) is 64.0 Å². The number of anilines is 1. The summed E-state index contributed by atoms with van der Waals surface area (Å²) in [6, 6.07) is 16.4. The summed E-state index contributed by atoms with van der Waals surface area (Å²) in [7, 11) is 1.67. The van der Waals surface area contributed by atoms with Crippen LogP contribution < -0.4 is 10.1 Å². The number of likely N-dealkylation sites (tertiary alicyclic amines) is 1. The zero-order valence-electron chi connectivity index (χ0n) is 18.1. The molecular formula is C24H27N5O2. The quantitative estimate of drug-likeness (QED) is 0.812. The Hall–Kier alpha value is -3.06. The van der Waals surface area contributed by atoms with Gasteiger partial charge < -0.3 is 10.1 Å². The lowest BCUT2D eigenvalue weighted by Gasteiger charge is -2.51. The van der Waals surface area contributed by atoms with E-state index in [9.17, 15) is 4.79 Å². The van der Waals surface area contributed by atoms with Crippen molar-refractivity contribution in [3.63, 3.8) is 0 Å². The van der Waals surface area contributed by atoms with E-state index in [4.69, 9.17) is 4.74 Å². The predicted molar refractivity (Wildman–Crippen MR) is 120 cm³/mol. The molecule has 3 aliphatic rings. The molecule has 5 rings (SSSR count). The van der Waals surface area contributed by atoms with Crippen LogP contribution in [0.4, 0.5) is 5.69 Å². The Morgan fingerprint density at radius 2 is 1.94 bits per heavy atom. The molecule has 1 saturated heterocycles. The first-order valence-corrected chi connectivity index (χ1v) is 10.7. The van der Waals surface area contributed by atoms with E-state index in [-0.39, 0.29) is 18.0 Å². The molecule has 1 spiro atoms. The van der Waals surface area contributed by atoms with Crippen LogP contribution in [0.5, 0.6) is 5.75 Å². The number of benzene rings is 2. The number of ether oxygens (including phenoxy) is 1. The summed E-state index contributed by atoms with van der Waals surface area (Å²) in [6.45, 7) is 5.02. The van der Waals surface area contributed by atoms with Gasteiger partial charge in [-0.05, 0) is 61.2 Å². The highest BCUT2D eigenvalue weighted by Crippen LogP contribution is 2.50. The summed E-state index contributed by atoms with van der Waals surface area (Å²) in [4.78, 5) is 15.8. The monoisotopic (exact) mass is 417 g/mol. The van der Waals surface area contributed by atoms with Crippen LogP contribution in [0.1, 0.15) is 37.8 Å². The van der Waals surface area contributed by atoms with E-state index in [0.29, 0.717) is 6.42 Å². The van der Waals surface area contributed by atoms with Gasteiger partial charge in [-0.2, -0.15) is 5.11 Å². The lowest BCUT2D eigenvalue weighted by molar-refractivity contribution is -0.125. The molecule has 0 aliphatic carbocycles. The van der Waals surface area contributed by atoms with Crippen LogP contribution in [-0.4, -0.2) is 41.8 Å². The van der Waals surface area contributed by atoms with Gasteiger partial charge in [0.15, 0.2) is 0 Å². The predicted octanol–water partition coefficient (Wildman–Crippen LogP) is 4.15. The van der Waals surface area contributed by atoms with Crippen molar-refractivity contribution in [3.8, 4) is 5.75 Å². The Kier molecular flexibility index (Phi) is 4.66. The molecule has 0 radical (unpaired) electrons. The third kappa shape index (κ3) is 3.15. The maximum atomic E-state index is 13.3. The van der Waals surface area contributed by atoms with E-state index in [1.54, 1.807) is 7.11 Å². The molecule has 0 unspecified atom stereocenters. The van der Waals surface area contributed by atoms with Gasteiger partial charge >= 0.3 is 0 Å². The molecule has 3 heterocycles. The fraction of sp³-hybridized carbons (Fsp3) is 0.417. The molecule has 1 fully saturated rings. The largest absolute Gasteiger partial charge is 0.497 e. The third-order valence-electron chi connectivity index (χ3n) is 7.11. The van der Waals surface area contributed by atoms with Crippen molar-refractivity contribution in [3.05, 3.63) is 59.7 Å². The van der Waals surface area contributed by atoms with E-state index in [2.05, 4.69) is 57.7 Å². The van der Waals surface area contributed by atoms with Crippen LogP contribution >= 0.6 is 0 Å². The maximum absolute atomic E-state index is 13.3. The second-order valence-corrected chi connectivity index (χ2v) is 9.04. The van der Waals surface area contributed by atoms with Gasteiger partial charge in [-0.3, -0.25) is 9.69 Å². The number of methoxy groups -OCH3 is 1. The molecule has 3 aliphatic heterocycles. The number of fused-ring (bicyclic) bond motifs is 2. The summed E-state index contributed by atoms with van der Waals surface area (Å²) in [6.07, 6.45) is 3.24. The number of hydrogen-bond acceptors (Lipinski definition) is 6. The summed E-state index contributed by atoms with van der Waals surface area (Å²) in [5.41, 5.74) is 2.07. The molecule has 1 N–H and O–H groups in total. The van der Waals surface area contributed by atoms with Crippen LogP contribution in [0.25, 0.3) is 0 Å². The van der Waals surface area contributed by atoms with Gasteiger partial charge in [0.25, 0.3) is 0 Å². The molecule has 1 amide bonds. The van der Waals surface area contributed by atoms with Gasteiger partial charge in [0.1, 0.15) is 11.3 Å². The van der Waals surface area contributed by atoms with Crippen molar-refractivity contribution in [1.82, 2.24) is 4.90 Å². The number of hydrogen-bond donors (Lipinski definition) is 1. The Balaban J connectivity index is 1.53. The summed E-state index contributed by atoms with van der Waals surface area (Å²) >= 11 is 0. The average molecular weight is 418 g/mol. The number of nitrogens with zero attached hydrogens (tertiary/aromatic N) is 4. The standard InChI is InChI=1S/C24H27N5O2/c1-16-12-24(19-6-4-5-7-20(19)26-22(24)30)13-21(23(2)15-25-28-27-23)29(16)14-17-8-10-18(31-3)11-9-17/h4-11,15-16,21H,12-14H2,1-3H3,(H,26,30)/t16-,21-,23+,24-/m0/s1. The number of nitrogens with one attached hydrogen (secondary N) is 1. The smallest absolute Gasteiger partial charge is 0.235 e. The molecule has 0 bridgehead atoms. The molecule has 160 valence electrons. The number of amides is 1. The van der Waals surface area contributed by atoms with E-state index >= 15 is 0 Å². The van der Waals surface area contributed by atoms with Crippen LogP contribution in [0.2, 0.25) is 0 Å². The zero-order chi connectivity index (χ0) is 21.6. The first-order chi connectivity index (χ1) is 14.9. The van der Waals surface area contributed by atoms with Gasteiger partial charge in [-0.15, -0.1) is 5.10 Å². The highest BCUT2D eigenvalue weighted by molar-refractivity contribution is 6.06. The molecule has 0 saturated carbocycles. The number of carbonyl (C=O) groups excluding carboxylic acids is 1. The molecule has 4 atom stereocenters. The minimum atomic E-state index is -0.577. The van der Waals surface area contributed by atoms with Gasteiger partial charge in [-0.25, -0.2) is 0 Å². The molecule has 2 aromatic carbocycles. The van der Waals surface area contributed by atoms with Gasteiger partial charge in [0.2, 0.25) is 5.91 Å². The number of carbonyl (C=O) groups is 1. The molecule has 7 heteroatoms. The Labute approximate surface area is 182 Å².